The maximum atomic E-state index is 12.4. The van der Waals surface area contributed by atoms with E-state index >= 15 is 0 Å². The lowest BCUT2D eigenvalue weighted by Gasteiger charge is -2.32. The number of hydrogen-bond acceptors (Lipinski definition) is 5. The van der Waals surface area contributed by atoms with Gasteiger partial charge in [-0.05, 0) is 24.3 Å². The lowest BCUT2D eigenvalue weighted by Crippen LogP contribution is -2.58. The fourth-order valence-electron chi connectivity index (χ4n) is 2.05. The SMILES string of the molecule is COc1ccc(C(=O)C2C(=O)N(C)C(=O)N(C)C2=O)cc1. The maximum absolute atomic E-state index is 12.4. The van der Waals surface area contributed by atoms with Crippen LogP contribution in [-0.4, -0.2) is 54.6 Å². The van der Waals surface area contributed by atoms with E-state index in [0.29, 0.717) is 5.75 Å². The van der Waals surface area contributed by atoms with E-state index in [1.807, 2.05) is 0 Å². The molecule has 0 bridgehead atoms. The molecule has 1 fully saturated rings. The first-order valence-corrected chi connectivity index (χ1v) is 6.16. The highest BCUT2D eigenvalue weighted by Crippen LogP contribution is 2.21. The van der Waals surface area contributed by atoms with Crippen molar-refractivity contribution >= 4 is 23.6 Å². The Labute approximate surface area is 121 Å². The summed E-state index contributed by atoms with van der Waals surface area (Å²) in [6, 6.07) is 5.31. The largest absolute Gasteiger partial charge is 0.497 e. The molecule has 1 aliphatic rings. The smallest absolute Gasteiger partial charge is 0.332 e. The van der Waals surface area contributed by atoms with Crippen LogP contribution < -0.4 is 4.74 Å². The summed E-state index contributed by atoms with van der Waals surface area (Å²) in [6.45, 7) is 0. The van der Waals surface area contributed by atoms with Gasteiger partial charge in [-0.2, -0.15) is 0 Å². The van der Waals surface area contributed by atoms with Crippen molar-refractivity contribution in [1.82, 2.24) is 9.80 Å². The van der Waals surface area contributed by atoms with E-state index in [1.165, 1.54) is 33.3 Å². The lowest BCUT2D eigenvalue weighted by atomic mass is 9.93. The van der Waals surface area contributed by atoms with E-state index in [0.717, 1.165) is 9.80 Å². The van der Waals surface area contributed by atoms with E-state index in [2.05, 4.69) is 0 Å². The minimum Gasteiger partial charge on any atom is -0.497 e. The number of amides is 4. The molecule has 7 nitrogen and oxygen atoms in total. The Morgan fingerprint density at radius 2 is 1.48 bits per heavy atom. The van der Waals surface area contributed by atoms with Crippen LogP contribution in [0.3, 0.4) is 0 Å². The van der Waals surface area contributed by atoms with Crippen LogP contribution in [0.25, 0.3) is 0 Å². The molecule has 1 heterocycles. The molecule has 0 unspecified atom stereocenters. The van der Waals surface area contributed by atoms with Gasteiger partial charge in [-0.25, -0.2) is 4.79 Å². The molecule has 0 aromatic heterocycles. The van der Waals surface area contributed by atoms with Gasteiger partial charge in [0.2, 0.25) is 0 Å². The van der Waals surface area contributed by atoms with E-state index in [9.17, 15) is 19.2 Å². The molecular formula is C14H14N2O5. The number of ether oxygens (including phenoxy) is 1. The van der Waals surface area contributed by atoms with Gasteiger partial charge < -0.3 is 4.74 Å². The first kappa shape index (κ1) is 14.7. The molecule has 2 rings (SSSR count). The molecule has 7 heteroatoms. The first-order chi connectivity index (χ1) is 9.88. The summed E-state index contributed by atoms with van der Waals surface area (Å²) >= 11 is 0. The predicted molar refractivity (Wildman–Crippen MR) is 71.8 cm³/mol. The topological polar surface area (TPSA) is 84.0 Å². The number of rotatable bonds is 3. The Kier molecular flexibility index (Phi) is 3.75. The molecule has 21 heavy (non-hydrogen) atoms. The molecule has 0 radical (unpaired) electrons. The second-order valence-corrected chi connectivity index (χ2v) is 4.60. The van der Waals surface area contributed by atoms with Gasteiger partial charge in [-0.3, -0.25) is 24.2 Å². The Morgan fingerprint density at radius 1 is 1.00 bits per heavy atom. The molecule has 1 aliphatic heterocycles. The Morgan fingerprint density at radius 3 is 1.90 bits per heavy atom. The molecule has 0 N–H and O–H groups in total. The Bertz CT molecular complexity index is 599. The fraction of sp³-hybridized carbons (Fsp3) is 0.286. The van der Waals surface area contributed by atoms with Crippen LogP contribution >= 0.6 is 0 Å². The number of hydrogen-bond donors (Lipinski definition) is 0. The summed E-state index contributed by atoms with van der Waals surface area (Å²) < 4.78 is 4.98. The molecule has 1 aromatic rings. The van der Waals surface area contributed by atoms with Gasteiger partial charge in [0.05, 0.1) is 7.11 Å². The van der Waals surface area contributed by atoms with Crippen LogP contribution in [0.1, 0.15) is 10.4 Å². The maximum Gasteiger partial charge on any atom is 0.332 e. The summed E-state index contributed by atoms with van der Waals surface area (Å²) in [4.78, 5) is 49.6. The normalized spacial score (nSPS) is 16.4. The predicted octanol–water partition coefficient (Wildman–Crippen LogP) is 0.544. The van der Waals surface area contributed by atoms with E-state index < -0.39 is 29.5 Å². The average molecular weight is 290 g/mol. The van der Waals surface area contributed by atoms with Crippen LogP contribution in [-0.2, 0) is 9.59 Å². The quantitative estimate of drug-likeness (QED) is 0.599. The Hall–Kier alpha value is -2.70. The van der Waals surface area contributed by atoms with Crippen molar-refractivity contribution in [3.63, 3.8) is 0 Å². The standard InChI is InChI=1S/C14H14N2O5/c1-15-12(18)10(13(19)16(2)14(15)20)11(17)8-4-6-9(21-3)7-5-8/h4-7,10H,1-3H3. The van der Waals surface area contributed by atoms with Crippen molar-refractivity contribution in [2.24, 2.45) is 5.92 Å². The summed E-state index contributed by atoms with van der Waals surface area (Å²) in [5.74, 6) is -3.24. The average Bonchev–Trinajstić information content (AvgIpc) is 2.51. The third-order valence-corrected chi connectivity index (χ3v) is 3.37. The molecule has 0 atom stereocenters. The molecule has 1 saturated heterocycles. The van der Waals surface area contributed by atoms with Crippen molar-refractivity contribution in [3.05, 3.63) is 29.8 Å². The van der Waals surface area contributed by atoms with Crippen LogP contribution in [0, 0.1) is 5.92 Å². The zero-order chi connectivity index (χ0) is 15.7. The summed E-state index contributed by atoms with van der Waals surface area (Å²) in [5, 5.41) is 0. The number of ketones is 1. The van der Waals surface area contributed by atoms with Crippen molar-refractivity contribution in [2.45, 2.75) is 0 Å². The minimum atomic E-state index is -1.52. The number of Topliss-reactive ketones (excluding diaryl/α,β-unsaturated/α-hetero) is 1. The molecule has 110 valence electrons. The third-order valence-electron chi connectivity index (χ3n) is 3.37. The monoisotopic (exact) mass is 290 g/mol. The molecule has 0 saturated carbocycles. The van der Waals surface area contributed by atoms with Gasteiger partial charge in [0.1, 0.15) is 5.75 Å². The summed E-state index contributed by atoms with van der Waals surface area (Å²) in [7, 11) is 3.96. The zero-order valence-corrected chi connectivity index (χ0v) is 11.8. The highest BCUT2D eigenvalue weighted by atomic mass is 16.5. The van der Waals surface area contributed by atoms with Gasteiger partial charge in [-0.15, -0.1) is 0 Å². The molecular weight excluding hydrogens is 276 g/mol. The molecule has 4 amide bonds. The summed E-state index contributed by atoms with van der Waals surface area (Å²) in [5.41, 5.74) is 0.207. The number of barbiturate groups is 1. The second-order valence-electron chi connectivity index (χ2n) is 4.60. The van der Waals surface area contributed by atoms with Gasteiger partial charge in [0.25, 0.3) is 11.8 Å². The number of imide groups is 2. The van der Waals surface area contributed by atoms with Gasteiger partial charge in [-0.1, -0.05) is 0 Å². The number of benzene rings is 1. The first-order valence-electron chi connectivity index (χ1n) is 6.16. The van der Waals surface area contributed by atoms with Crippen LogP contribution in [0.2, 0.25) is 0 Å². The van der Waals surface area contributed by atoms with E-state index in [4.69, 9.17) is 4.74 Å². The van der Waals surface area contributed by atoms with Gasteiger partial charge in [0.15, 0.2) is 11.7 Å². The van der Waals surface area contributed by atoms with Crippen LogP contribution in [0.5, 0.6) is 5.75 Å². The minimum absolute atomic E-state index is 0.207. The zero-order valence-electron chi connectivity index (χ0n) is 11.8. The highest BCUT2D eigenvalue weighted by molar-refractivity contribution is 6.29. The van der Waals surface area contributed by atoms with Crippen LogP contribution in [0.4, 0.5) is 4.79 Å². The van der Waals surface area contributed by atoms with Gasteiger partial charge in [0, 0.05) is 19.7 Å². The van der Waals surface area contributed by atoms with Crippen molar-refractivity contribution in [3.8, 4) is 5.75 Å². The molecule has 0 aliphatic carbocycles. The second kappa shape index (κ2) is 5.35. The number of urea groups is 1. The third kappa shape index (κ3) is 2.37. The number of nitrogens with zero attached hydrogens (tertiary/aromatic N) is 2. The highest BCUT2D eigenvalue weighted by Gasteiger charge is 2.46. The number of methoxy groups -OCH3 is 1. The Balaban J connectivity index is 2.34. The van der Waals surface area contributed by atoms with Crippen molar-refractivity contribution in [1.29, 1.82) is 0 Å². The van der Waals surface area contributed by atoms with Gasteiger partial charge >= 0.3 is 6.03 Å². The lowest BCUT2D eigenvalue weighted by molar-refractivity contribution is -0.145. The van der Waals surface area contributed by atoms with E-state index in [-0.39, 0.29) is 5.56 Å². The van der Waals surface area contributed by atoms with Crippen molar-refractivity contribution in [2.75, 3.05) is 21.2 Å². The number of carbonyl (C=O) groups excluding carboxylic acids is 4. The van der Waals surface area contributed by atoms with Crippen LogP contribution in [0.15, 0.2) is 24.3 Å². The molecule has 0 spiro atoms. The van der Waals surface area contributed by atoms with Crippen molar-refractivity contribution < 1.29 is 23.9 Å². The number of carbonyl (C=O) groups is 4. The van der Waals surface area contributed by atoms with E-state index in [1.54, 1.807) is 12.1 Å². The summed E-state index contributed by atoms with van der Waals surface area (Å²) in [6.07, 6.45) is 0. The fourth-order valence-corrected chi connectivity index (χ4v) is 2.05. The molecule has 1 aromatic carbocycles.